The zero-order valence-electron chi connectivity index (χ0n) is 13.7. The van der Waals surface area contributed by atoms with Crippen molar-refractivity contribution >= 4 is 11.6 Å². The second kappa shape index (κ2) is 6.01. The van der Waals surface area contributed by atoms with E-state index in [1.807, 2.05) is 31.2 Å². The van der Waals surface area contributed by atoms with Crippen molar-refractivity contribution < 1.29 is 9.53 Å². The van der Waals surface area contributed by atoms with E-state index in [0.717, 1.165) is 24.1 Å². The van der Waals surface area contributed by atoms with Gasteiger partial charge >= 0.3 is 6.01 Å². The maximum Gasteiger partial charge on any atom is 0.361 e. The summed E-state index contributed by atoms with van der Waals surface area (Å²) in [7, 11) is 0. The number of aromatic nitrogens is 4. The summed E-state index contributed by atoms with van der Waals surface area (Å²) in [5.74, 6) is 0.599. The van der Waals surface area contributed by atoms with Crippen LogP contribution in [-0.4, -0.2) is 26.5 Å². The quantitative estimate of drug-likeness (QED) is 0.748. The van der Waals surface area contributed by atoms with Gasteiger partial charge in [0.1, 0.15) is 5.75 Å². The highest BCUT2D eigenvalue weighted by atomic mass is 16.5. The van der Waals surface area contributed by atoms with Gasteiger partial charge in [-0.15, -0.1) is 0 Å². The summed E-state index contributed by atoms with van der Waals surface area (Å²) in [6, 6.07) is 15.4. The SMILES string of the molecule is Cc1ccc(C2(C(=O)Nc3ccc(Oc4nn[nH]n4)cc3)CC2)cc1. The number of hydrogen-bond donors (Lipinski definition) is 2. The highest BCUT2D eigenvalue weighted by molar-refractivity contribution is 6.01. The molecule has 7 heteroatoms. The molecule has 3 aromatic rings. The summed E-state index contributed by atoms with van der Waals surface area (Å²) in [6.07, 6.45) is 1.75. The first-order valence-electron chi connectivity index (χ1n) is 8.06. The number of tetrazole rings is 1. The number of nitrogens with zero attached hydrogens (tertiary/aromatic N) is 3. The number of aryl methyl sites for hydroxylation is 1. The highest BCUT2D eigenvalue weighted by Crippen LogP contribution is 2.49. The molecule has 1 aromatic heterocycles. The van der Waals surface area contributed by atoms with E-state index in [0.29, 0.717) is 5.75 Å². The molecule has 0 bridgehead atoms. The maximum atomic E-state index is 12.7. The van der Waals surface area contributed by atoms with Crippen molar-refractivity contribution in [3.8, 4) is 11.8 Å². The number of ether oxygens (including phenoxy) is 1. The Hall–Kier alpha value is -3.22. The topological polar surface area (TPSA) is 92.8 Å². The molecule has 2 aromatic carbocycles. The minimum atomic E-state index is -0.395. The van der Waals surface area contributed by atoms with Gasteiger partial charge in [-0.3, -0.25) is 4.79 Å². The standard InChI is InChI=1S/C18H17N5O2/c1-12-2-4-13(5-3-12)18(10-11-18)16(24)19-14-6-8-15(9-7-14)25-17-20-22-23-21-17/h2-9H,10-11H2,1H3,(H,19,24)(H,20,21,22,23). The number of aromatic amines is 1. The fourth-order valence-electron chi connectivity index (χ4n) is 2.80. The fraction of sp³-hybridized carbons (Fsp3) is 0.222. The third-order valence-corrected chi connectivity index (χ3v) is 4.44. The molecule has 126 valence electrons. The van der Waals surface area contributed by atoms with Crippen molar-refractivity contribution in [2.24, 2.45) is 0 Å². The van der Waals surface area contributed by atoms with Gasteiger partial charge < -0.3 is 10.1 Å². The molecular weight excluding hydrogens is 318 g/mol. The Morgan fingerprint density at radius 3 is 2.44 bits per heavy atom. The van der Waals surface area contributed by atoms with Gasteiger partial charge in [0.15, 0.2) is 0 Å². The van der Waals surface area contributed by atoms with Crippen LogP contribution in [0.15, 0.2) is 48.5 Å². The summed E-state index contributed by atoms with van der Waals surface area (Å²) in [4.78, 5) is 12.7. The number of H-pyrrole nitrogens is 1. The summed E-state index contributed by atoms with van der Waals surface area (Å²) in [6.45, 7) is 2.04. The van der Waals surface area contributed by atoms with Crippen molar-refractivity contribution in [2.45, 2.75) is 25.2 Å². The lowest BCUT2D eigenvalue weighted by atomic mass is 9.94. The molecule has 0 aliphatic heterocycles. The van der Waals surface area contributed by atoms with Gasteiger partial charge in [0.05, 0.1) is 5.41 Å². The smallest absolute Gasteiger partial charge is 0.361 e. The van der Waals surface area contributed by atoms with Crippen LogP contribution in [0.5, 0.6) is 11.8 Å². The van der Waals surface area contributed by atoms with E-state index in [9.17, 15) is 4.79 Å². The molecule has 0 atom stereocenters. The number of hydrogen-bond acceptors (Lipinski definition) is 5. The van der Waals surface area contributed by atoms with Gasteiger partial charge in [0.25, 0.3) is 0 Å². The van der Waals surface area contributed by atoms with Crippen LogP contribution in [-0.2, 0) is 10.2 Å². The molecule has 7 nitrogen and oxygen atoms in total. The summed E-state index contributed by atoms with van der Waals surface area (Å²) < 4.78 is 5.41. The Bertz CT molecular complexity index is 869. The molecule has 1 aliphatic rings. The van der Waals surface area contributed by atoms with Gasteiger partial charge in [-0.05, 0) is 54.8 Å². The largest absolute Gasteiger partial charge is 0.422 e. The lowest BCUT2D eigenvalue weighted by Crippen LogP contribution is -2.27. The van der Waals surface area contributed by atoms with E-state index >= 15 is 0 Å². The third kappa shape index (κ3) is 3.08. The normalized spacial score (nSPS) is 14.8. The molecule has 0 radical (unpaired) electrons. The Balaban J connectivity index is 1.45. The molecule has 1 fully saturated rings. The molecule has 4 rings (SSSR count). The second-order valence-corrected chi connectivity index (χ2v) is 6.22. The average Bonchev–Trinajstić information content (AvgIpc) is 3.28. The molecule has 0 saturated heterocycles. The van der Waals surface area contributed by atoms with E-state index in [1.165, 1.54) is 5.56 Å². The van der Waals surface area contributed by atoms with E-state index < -0.39 is 5.41 Å². The summed E-state index contributed by atoms with van der Waals surface area (Å²) in [5.41, 5.74) is 2.60. The van der Waals surface area contributed by atoms with E-state index in [1.54, 1.807) is 24.3 Å². The van der Waals surface area contributed by atoms with E-state index in [2.05, 4.69) is 25.9 Å². The van der Waals surface area contributed by atoms with Crippen LogP contribution in [0.2, 0.25) is 0 Å². The van der Waals surface area contributed by atoms with Crippen molar-refractivity contribution in [1.82, 2.24) is 20.6 Å². The number of anilines is 1. The summed E-state index contributed by atoms with van der Waals surface area (Å²) >= 11 is 0. The predicted octanol–water partition coefficient (Wildman–Crippen LogP) is 2.97. The van der Waals surface area contributed by atoms with Gasteiger partial charge in [0.2, 0.25) is 5.91 Å². The molecule has 1 heterocycles. The molecule has 1 saturated carbocycles. The molecular formula is C18H17N5O2. The van der Waals surface area contributed by atoms with Gasteiger partial charge in [-0.25, -0.2) is 0 Å². The molecule has 1 aliphatic carbocycles. The highest BCUT2D eigenvalue weighted by Gasteiger charge is 2.51. The molecule has 0 spiro atoms. The molecule has 1 amide bonds. The zero-order valence-corrected chi connectivity index (χ0v) is 13.7. The summed E-state index contributed by atoms with van der Waals surface area (Å²) in [5, 5.41) is 16.2. The Morgan fingerprint density at radius 2 is 1.84 bits per heavy atom. The van der Waals surface area contributed by atoms with Gasteiger partial charge in [-0.2, -0.15) is 5.21 Å². The lowest BCUT2D eigenvalue weighted by Gasteiger charge is -2.16. The van der Waals surface area contributed by atoms with Crippen LogP contribution in [0.25, 0.3) is 0 Å². The van der Waals surface area contributed by atoms with Crippen LogP contribution in [0.4, 0.5) is 5.69 Å². The first kappa shape index (κ1) is 15.3. The van der Waals surface area contributed by atoms with Crippen LogP contribution in [0, 0.1) is 6.92 Å². The fourth-order valence-corrected chi connectivity index (χ4v) is 2.80. The Morgan fingerprint density at radius 1 is 1.12 bits per heavy atom. The zero-order chi connectivity index (χ0) is 17.3. The number of carbonyl (C=O) groups is 1. The van der Waals surface area contributed by atoms with Crippen LogP contribution in [0.1, 0.15) is 24.0 Å². The number of amides is 1. The second-order valence-electron chi connectivity index (χ2n) is 6.22. The van der Waals surface area contributed by atoms with E-state index in [-0.39, 0.29) is 11.9 Å². The van der Waals surface area contributed by atoms with E-state index in [4.69, 9.17) is 4.74 Å². The molecule has 25 heavy (non-hydrogen) atoms. The van der Waals surface area contributed by atoms with Crippen molar-refractivity contribution in [1.29, 1.82) is 0 Å². The first-order valence-corrected chi connectivity index (χ1v) is 8.06. The van der Waals surface area contributed by atoms with Crippen molar-refractivity contribution in [3.63, 3.8) is 0 Å². The molecule has 2 N–H and O–H groups in total. The van der Waals surface area contributed by atoms with Gasteiger partial charge in [-0.1, -0.05) is 40.0 Å². The average molecular weight is 335 g/mol. The third-order valence-electron chi connectivity index (χ3n) is 4.44. The van der Waals surface area contributed by atoms with Crippen molar-refractivity contribution in [2.75, 3.05) is 5.32 Å². The number of carbonyl (C=O) groups excluding carboxylic acids is 1. The first-order chi connectivity index (χ1) is 12.2. The minimum Gasteiger partial charge on any atom is -0.422 e. The maximum absolute atomic E-state index is 12.7. The van der Waals surface area contributed by atoms with Crippen LogP contribution in [0.3, 0.4) is 0 Å². The number of rotatable bonds is 5. The van der Waals surface area contributed by atoms with Gasteiger partial charge in [0, 0.05) is 5.69 Å². The molecule has 0 unspecified atom stereocenters. The van der Waals surface area contributed by atoms with Crippen molar-refractivity contribution in [3.05, 3.63) is 59.7 Å². The predicted molar refractivity (Wildman–Crippen MR) is 91.4 cm³/mol. The van der Waals surface area contributed by atoms with Crippen LogP contribution < -0.4 is 10.1 Å². The number of benzene rings is 2. The lowest BCUT2D eigenvalue weighted by molar-refractivity contribution is -0.118. The number of nitrogens with one attached hydrogen (secondary N) is 2. The Labute approximate surface area is 144 Å². The Kier molecular flexibility index (Phi) is 3.68. The van der Waals surface area contributed by atoms with Crippen LogP contribution >= 0.6 is 0 Å². The monoisotopic (exact) mass is 335 g/mol. The minimum absolute atomic E-state index is 0.0307.